The average Bonchev–Trinajstić information content (AvgIpc) is 3.48. The van der Waals surface area contributed by atoms with E-state index in [1.54, 1.807) is 47.6 Å². The number of carbonyl (C=O) groups is 3. The van der Waals surface area contributed by atoms with Gasteiger partial charge in [0.05, 0.1) is 18.7 Å². The molecule has 3 amide bonds. The molecular formula is C27H29N3O5. The van der Waals surface area contributed by atoms with Crippen molar-refractivity contribution >= 4 is 29.1 Å². The minimum atomic E-state index is -0.425. The van der Waals surface area contributed by atoms with Crippen LogP contribution in [0.2, 0.25) is 0 Å². The maximum Gasteiger partial charge on any atom is 0.262 e. The summed E-state index contributed by atoms with van der Waals surface area (Å²) < 4.78 is 10.8. The SMILES string of the molecule is Cc1cc(C)c(NC(=O)COc2ccc(N3C[C@H](C(=O)NCc4ccco4)CC3=O)cc2)c(C)c1. The van der Waals surface area contributed by atoms with Gasteiger partial charge in [-0.2, -0.15) is 0 Å². The molecule has 1 saturated heterocycles. The topological polar surface area (TPSA) is 101 Å². The van der Waals surface area contributed by atoms with Crippen LogP contribution in [-0.4, -0.2) is 30.9 Å². The second-order valence-electron chi connectivity index (χ2n) is 8.81. The van der Waals surface area contributed by atoms with Crippen LogP contribution in [0.5, 0.6) is 5.75 Å². The van der Waals surface area contributed by atoms with Gasteiger partial charge < -0.3 is 24.7 Å². The Hall–Kier alpha value is -4.07. The smallest absolute Gasteiger partial charge is 0.262 e. The van der Waals surface area contributed by atoms with Crippen molar-refractivity contribution in [1.29, 1.82) is 0 Å². The van der Waals surface area contributed by atoms with Crippen LogP contribution in [0.1, 0.15) is 28.9 Å². The molecule has 2 aromatic carbocycles. The fourth-order valence-corrected chi connectivity index (χ4v) is 4.29. The molecule has 1 aliphatic heterocycles. The third-order valence-corrected chi connectivity index (χ3v) is 5.97. The molecule has 1 fully saturated rings. The van der Waals surface area contributed by atoms with Crippen molar-refractivity contribution in [2.24, 2.45) is 5.92 Å². The van der Waals surface area contributed by atoms with Crippen molar-refractivity contribution in [2.45, 2.75) is 33.7 Å². The van der Waals surface area contributed by atoms with Gasteiger partial charge in [-0.25, -0.2) is 0 Å². The average molecular weight is 476 g/mol. The normalized spacial score (nSPS) is 15.2. The molecule has 0 saturated carbocycles. The Balaban J connectivity index is 1.29. The number of hydrogen-bond acceptors (Lipinski definition) is 5. The van der Waals surface area contributed by atoms with Gasteiger partial charge in [-0.15, -0.1) is 0 Å². The van der Waals surface area contributed by atoms with Crippen LogP contribution < -0.4 is 20.3 Å². The molecule has 8 nitrogen and oxygen atoms in total. The van der Waals surface area contributed by atoms with Gasteiger partial charge in [0.1, 0.15) is 11.5 Å². The Bertz CT molecular complexity index is 1200. The summed E-state index contributed by atoms with van der Waals surface area (Å²) in [4.78, 5) is 39.0. The lowest BCUT2D eigenvalue weighted by Crippen LogP contribution is -2.32. The molecule has 1 aliphatic rings. The predicted molar refractivity (Wildman–Crippen MR) is 132 cm³/mol. The number of amides is 3. The van der Waals surface area contributed by atoms with Gasteiger partial charge in [0.15, 0.2) is 6.61 Å². The molecule has 182 valence electrons. The molecule has 35 heavy (non-hydrogen) atoms. The first-order valence-corrected chi connectivity index (χ1v) is 11.5. The van der Waals surface area contributed by atoms with Crippen molar-refractivity contribution in [1.82, 2.24) is 5.32 Å². The summed E-state index contributed by atoms with van der Waals surface area (Å²) in [5.74, 6) is 0.212. The van der Waals surface area contributed by atoms with E-state index in [2.05, 4.69) is 10.6 Å². The Labute approximate surface area is 204 Å². The Morgan fingerprint density at radius 2 is 1.80 bits per heavy atom. The van der Waals surface area contributed by atoms with Crippen LogP contribution in [0.3, 0.4) is 0 Å². The van der Waals surface area contributed by atoms with Crippen molar-refractivity contribution in [2.75, 3.05) is 23.4 Å². The van der Waals surface area contributed by atoms with Crippen molar-refractivity contribution < 1.29 is 23.5 Å². The van der Waals surface area contributed by atoms with Gasteiger partial charge >= 0.3 is 0 Å². The van der Waals surface area contributed by atoms with Gasteiger partial charge in [-0.3, -0.25) is 14.4 Å². The first-order chi connectivity index (χ1) is 16.8. The van der Waals surface area contributed by atoms with Crippen LogP contribution in [-0.2, 0) is 20.9 Å². The van der Waals surface area contributed by atoms with E-state index < -0.39 is 5.92 Å². The standard InChI is InChI=1S/C27H29N3O5/c1-17-11-18(2)26(19(3)12-17)29-24(31)16-35-22-8-6-21(7-9-22)30-15-20(13-25(30)32)27(33)28-14-23-5-4-10-34-23/h4-12,20H,13-16H2,1-3H3,(H,28,33)(H,29,31)/t20-/m1/s1. The quantitative estimate of drug-likeness (QED) is 0.515. The third kappa shape index (κ3) is 5.90. The summed E-state index contributed by atoms with van der Waals surface area (Å²) in [6, 6.07) is 14.5. The monoisotopic (exact) mass is 475 g/mol. The number of hydrogen-bond donors (Lipinski definition) is 2. The maximum absolute atomic E-state index is 12.5. The summed E-state index contributed by atoms with van der Waals surface area (Å²) in [7, 11) is 0. The van der Waals surface area contributed by atoms with Crippen LogP contribution in [0, 0.1) is 26.7 Å². The second kappa shape index (κ2) is 10.5. The first kappa shape index (κ1) is 24.1. The molecule has 1 aromatic heterocycles. The number of rotatable bonds is 8. The highest BCUT2D eigenvalue weighted by Gasteiger charge is 2.35. The number of ether oxygens (including phenoxy) is 1. The summed E-state index contributed by atoms with van der Waals surface area (Å²) in [6.45, 7) is 6.41. The lowest BCUT2D eigenvalue weighted by molar-refractivity contribution is -0.126. The predicted octanol–water partition coefficient (Wildman–Crippen LogP) is 3.89. The fourth-order valence-electron chi connectivity index (χ4n) is 4.29. The zero-order valence-electron chi connectivity index (χ0n) is 20.1. The van der Waals surface area contributed by atoms with Crippen molar-refractivity contribution in [3.8, 4) is 5.75 Å². The summed E-state index contributed by atoms with van der Waals surface area (Å²) in [5.41, 5.74) is 4.63. The number of aryl methyl sites for hydroxylation is 3. The number of benzene rings is 2. The minimum absolute atomic E-state index is 0.111. The van der Waals surface area contributed by atoms with E-state index in [-0.39, 0.29) is 30.7 Å². The summed E-state index contributed by atoms with van der Waals surface area (Å²) in [5, 5.41) is 5.73. The van der Waals surface area contributed by atoms with E-state index in [0.717, 1.165) is 22.4 Å². The fraction of sp³-hybridized carbons (Fsp3) is 0.296. The lowest BCUT2D eigenvalue weighted by Gasteiger charge is -2.17. The number of nitrogens with zero attached hydrogens (tertiary/aromatic N) is 1. The summed E-state index contributed by atoms with van der Waals surface area (Å²) in [6.07, 6.45) is 1.70. The van der Waals surface area contributed by atoms with E-state index in [9.17, 15) is 14.4 Å². The van der Waals surface area contributed by atoms with E-state index >= 15 is 0 Å². The number of carbonyl (C=O) groups excluding carboxylic acids is 3. The van der Waals surface area contributed by atoms with Crippen molar-refractivity contribution in [3.63, 3.8) is 0 Å². The Morgan fingerprint density at radius 3 is 2.46 bits per heavy atom. The second-order valence-corrected chi connectivity index (χ2v) is 8.81. The first-order valence-electron chi connectivity index (χ1n) is 11.5. The van der Waals surface area contributed by atoms with Crippen LogP contribution >= 0.6 is 0 Å². The van der Waals surface area contributed by atoms with Crippen molar-refractivity contribution in [3.05, 3.63) is 77.2 Å². The molecule has 0 unspecified atom stereocenters. The molecule has 8 heteroatoms. The maximum atomic E-state index is 12.5. The highest BCUT2D eigenvalue weighted by Crippen LogP contribution is 2.27. The van der Waals surface area contributed by atoms with Crippen LogP contribution in [0.25, 0.3) is 0 Å². The van der Waals surface area contributed by atoms with E-state index in [0.29, 0.717) is 30.3 Å². The molecule has 0 spiro atoms. The molecule has 0 radical (unpaired) electrons. The number of nitrogens with one attached hydrogen (secondary N) is 2. The van der Waals surface area contributed by atoms with Gasteiger partial charge in [-0.05, 0) is 68.3 Å². The van der Waals surface area contributed by atoms with E-state index in [4.69, 9.17) is 9.15 Å². The molecule has 0 bridgehead atoms. The summed E-state index contributed by atoms with van der Waals surface area (Å²) >= 11 is 0. The number of furan rings is 1. The largest absolute Gasteiger partial charge is 0.484 e. The molecule has 4 rings (SSSR count). The van der Waals surface area contributed by atoms with Crippen LogP contribution in [0.4, 0.5) is 11.4 Å². The number of anilines is 2. The van der Waals surface area contributed by atoms with Gasteiger partial charge in [0, 0.05) is 24.3 Å². The zero-order chi connectivity index (χ0) is 24.9. The zero-order valence-corrected chi connectivity index (χ0v) is 20.1. The van der Waals surface area contributed by atoms with Crippen LogP contribution in [0.15, 0.2) is 59.2 Å². The van der Waals surface area contributed by atoms with E-state index in [1.165, 1.54) is 0 Å². The van der Waals surface area contributed by atoms with Gasteiger partial charge in [-0.1, -0.05) is 17.7 Å². The van der Waals surface area contributed by atoms with Gasteiger partial charge in [0.25, 0.3) is 5.91 Å². The molecule has 3 aromatic rings. The Kier molecular flexibility index (Phi) is 7.19. The molecular weight excluding hydrogens is 446 g/mol. The van der Waals surface area contributed by atoms with Gasteiger partial charge in [0.2, 0.25) is 11.8 Å². The molecule has 2 N–H and O–H groups in total. The highest BCUT2D eigenvalue weighted by molar-refractivity contribution is 6.00. The molecule has 1 atom stereocenters. The Morgan fingerprint density at radius 1 is 1.09 bits per heavy atom. The third-order valence-electron chi connectivity index (χ3n) is 5.97. The highest BCUT2D eigenvalue weighted by atomic mass is 16.5. The molecule has 0 aliphatic carbocycles. The minimum Gasteiger partial charge on any atom is -0.484 e. The molecule has 2 heterocycles. The lowest BCUT2D eigenvalue weighted by atomic mass is 10.1. The van der Waals surface area contributed by atoms with E-state index in [1.807, 2.05) is 32.9 Å².